The molecule has 5 aliphatic carbocycles. The third kappa shape index (κ3) is 0.570. The fraction of sp³-hybridized carbons (Fsp3) is 1.00. The second-order valence-electron chi connectivity index (χ2n) is 4.53. The van der Waals surface area contributed by atoms with E-state index in [9.17, 15) is 0 Å². The average Bonchev–Trinajstić information content (AvgIpc) is 2.60. The van der Waals surface area contributed by atoms with Crippen molar-refractivity contribution in [2.75, 3.05) is 5.75 Å². The van der Waals surface area contributed by atoms with Gasteiger partial charge in [0, 0.05) is 5.25 Å². The van der Waals surface area contributed by atoms with Gasteiger partial charge in [-0.05, 0) is 48.2 Å². The van der Waals surface area contributed by atoms with Crippen molar-refractivity contribution in [1.29, 1.82) is 0 Å². The van der Waals surface area contributed by atoms with Crippen LogP contribution in [0.25, 0.3) is 0 Å². The average molecular weight is 186 g/mol. The van der Waals surface area contributed by atoms with E-state index in [1.165, 1.54) is 19.3 Å². The smallest absolute Gasteiger partial charge is 0.00564 e. The lowest BCUT2D eigenvalue weighted by atomic mass is 9.60. The lowest BCUT2D eigenvalue weighted by molar-refractivity contribution is 0.0360. The van der Waals surface area contributed by atoms with Crippen LogP contribution in [0.2, 0.25) is 0 Å². The van der Waals surface area contributed by atoms with Crippen LogP contribution in [0, 0.1) is 23.2 Å². The van der Waals surface area contributed by atoms with Gasteiger partial charge in [0.2, 0.25) is 0 Å². The second kappa shape index (κ2) is 1.95. The van der Waals surface area contributed by atoms with E-state index >= 15 is 0 Å². The number of thiol groups is 2. The van der Waals surface area contributed by atoms with Crippen LogP contribution in [-0.2, 0) is 0 Å². The Bertz CT molecular complexity index is 204. The molecule has 11 heavy (non-hydrogen) atoms. The lowest BCUT2D eigenvalue weighted by Crippen LogP contribution is -2.45. The number of fused-ring (bicyclic) bond motifs is 2. The number of hydrogen-bond donors (Lipinski definition) is 2. The molecule has 0 aromatic heterocycles. The van der Waals surface area contributed by atoms with Gasteiger partial charge in [-0.25, -0.2) is 0 Å². The SMILES string of the molecule is SCC12CCC3C1CC(S)[C@@H]32. The maximum absolute atomic E-state index is 4.66. The Kier molecular flexibility index (Phi) is 1.27. The first-order valence-corrected chi connectivity index (χ1v) is 5.73. The van der Waals surface area contributed by atoms with Crippen LogP contribution < -0.4 is 0 Å². The molecular weight excluding hydrogens is 172 g/mol. The Hall–Kier alpha value is 0.700. The van der Waals surface area contributed by atoms with E-state index in [2.05, 4.69) is 25.3 Å². The van der Waals surface area contributed by atoms with Crippen molar-refractivity contribution in [1.82, 2.24) is 0 Å². The van der Waals surface area contributed by atoms with E-state index in [1.54, 1.807) is 0 Å². The third-order valence-electron chi connectivity index (χ3n) is 4.53. The van der Waals surface area contributed by atoms with Crippen LogP contribution in [0.1, 0.15) is 19.3 Å². The molecule has 0 aromatic rings. The normalized spacial score (nSPS) is 64.9. The van der Waals surface area contributed by atoms with Gasteiger partial charge < -0.3 is 0 Å². The van der Waals surface area contributed by atoms with Crippen LogP contribution in [-0.4, -0.2) is 11.0 Å². The Labute approximate surface area is 79.0 Å². The molecule has 0 nitrogen and oxygen atoms in total. The van der Waals surface area contributed by atoms with Gasteiger partial charge in [0.15, 0.2) is 0 Å². The largest absolute Gasteiger partial charge is 0.179 e. The molecule has 5 aliphatic rings. The Morgan fingerprint density at radius 3 is 2.73 bits per heavy atom. The zero-order valence-corrected chi connectivity index (χ0v) is 8.32. The van der Waals surface area contributed by atoms with Crippen molar-refractivity contribution in [2.24, 2.45) is 23.2 Å². The predicted molar refractivity (Wildman–Crippen MR) is 53.4 cm³/mol. The van der Waals surface area contributed by atoms with Crippen molar-refractivity contribution in [3.63, 3.8) is 0 Å². The highest BCUT2D eigenvalue weighted by Crippen LogP contribution is 2.75. The zero-order chi connectivity index (χ0) is 7.64. The minimum absolute atomic E-state index is 0.667. The summed E-state index contributed by atoms with van der Waals surface area (Å²) in [5.41, 5.74) is 0.667. The summed E-state index contributed by atoms with van der Waals surface area (Å²) in [6.07, 6.45) is 4.32. The Morgan fingerprint density at radius 1 is 1.45 bits per heavy atom. The van der Waals surface area contributed by atoms with Crippen molar-refractivity contribution < 1.29 is 0 Å². The van der Waals surface area contributed by atoms with E-state index in [0.29, 0.717) is 5.41 Å². The summed E-state index contributed by atoms with van der Waals surface area (Å²) in [5.74, 6) is 4.15. The van der Waals surface area contributed by atoms with Gasteiger partial charge in [0.1, 0.15) is 0 Å². The fourth-order valence-corrected chi connectivity index (χ4v) is 5.53. The summed E-state index contributed by atoms with van der Waals surface area (Å²) in [6, 6.07) is 0. The van der Waals surface area contributed by atoms with Gasteiger partial charge >= 0.3 is 0 Å². The molecule has 0 amide bonds. The summed E-state index contributed by atoms with van der Waals surface area (Å²) in [6.45, 7) is 0. The number of rotatable bonds is 1. The molecule has 0 saturated heterocycles. The molecule has 5 atom stereocenters. The third-order valence-corrected chi connectivity index (χ3v) is 5.65. The standard InChI is InChI=1S/C9H14S2/c10-4-9-2-1-5-6(9)3-7(11)8(5)9/h5-8,10-11H,1-4H2/t5?,6?,7?,8-,9?/m1/s1. The minimum Gasteiger partial charge on any atom is -0.179 e. The first kappa shape index (κ1) is 7.14. The van der Waals surface area contributed by atoms with Gasteiger partial charge in [-0.2, -0.15) is 25.3 Å². The first-order chi connectivity index (χ1) is 5.29. The molecule has 0 heterocycles. The molecule has 5 rings (SSSR count). The van der Waals surface area contributed by atoms with Crippen LogP contribution in [0.5, 0.6) is 0 Å². The molecule has 0 aromatic carbocycles. The highest BCUT2D eigenvalue weighted by Gasteiger charge is 2.71. The molecule has 0 radical (unpaired) electrons. The van der Waals surface area contributed by atoms with E-state index < -0.39 is 0 Å². The van der Waals surface area contributed by atoms with Gasteiger partial charge in [0.25, 0.3) is 0 Å². The molecule has 5 fully saturated rings. The summed E-state index contributed by atoms with van der Waals surface area (Å²) >= 11 is 9.17. The quantitative estimate of drug-likeness (QED) is 0.577. The van der Waals surface area contributed by atoms with Crippen molar-refractivity contribution >= 4 is 25.3 Å². The van der Waals surface area contributed by atoms with Crippen LogP contribution in [0.4, 0.5) is 0 Å². The number of hydrogen-bond acceptors (Lipinski definition) is 2. The molecule has 0 aliphatic heterocycles. The van der Waals surface area contributed by atoms with E-state index in [4.69, 9.17) is 0 Å². The summed E-state index contributed by atoms with van der Waals surface area (Å²) < 4.78 is 0. The first-order valence-electron chi connectivity index (χ1n) is 4.58. The summed E-state index contributed by atoms with van der Waals surface area (Å²) in [4.78, 5) is 0. The lowest BCUT2D eigenvalue weighted by Gasteiger charge is -2.47. The van der Waals surface area contributed by atoms with Gasteiger partial charge in [-0.15, -0.1) is 0 Å². The van der Waals surface area contributed by atoms with E-state index in [1.807, 2.05) is 0 Å². The van der Waals surface area contributed by atoms with E-state index in [-0.39, 0.29) is 0 Å². The van der Waals surface area contributed by atoms with Gasteiger partial charge in [-0.1, -0.05) is 0 Å². The maximum Gasteiger partial charge on any atom is 0.00564 e. The summed E-state index contributed by atoms with van der Waals surface area (Å²) in [7, 11) is 0. The second-order valence-corrected chi connectivity index (χ2v) is 5.51. The predicted octanol–water partition coefficient (Wildman–Crippen LogP) is 2.26. The Morgan fingerprint density at radius 2 is 2.27 bits per heavy atom. The molecule has 5 saturated carbocycles. The Balaban J connectivity index is 2.00. The van der Waals surface area contributed by atoms with Crippen LogP contribution in [0.15, 0.2) is 0 Å². The maximum atomic E-state index is 4.66. The zero-order valence-electron chi connectivity index (χ0n) is 6.53. The molecule has 4 unspecified atom stereocenters. The van der Waals surface area contributed by atoms with Gasteiger partial charge in [-0.3, -0.25) is 0 Å². The highest BCUT2D eigenvalue weighted by atomic mass is 32.1. The molecular formula is C9H14S2. The molecule has 62 valence electrons. The topological polar surface area (TPSA) is 0 Å². The molecule has 4 bridgehead atoms. The van der Waals surface area contributed by atoms with E-state index in [0.717, 1.165) is 28.8 Å². The van der Waals surface area contributed by atoms with Gasteiger partial charge in [0.05, 0.1) is 0 Å². The van der Waals surface area contributed by atoms with Crippen molar-refractivity contribution in [2.45, 2.75) is 24.5 Å². The molecule has 0 spiro atoms. The fourth-order valence-electron chi connectivity index (χ4n) is 4.19. The summed E-state index contributed by atoms with van der Waals surface area (Å²) in [5, 5.41) is 0.722. The van der Waals surface area contributed by atoms with Crippen LogP contribution in [0.3, 0.4) is 0 Å². The molecule has 0 N–H and O–H groups in total. The minimum atomic E-state index is 0.667. The monoisotopic (exact) mass is 186 g/mol. The van der Waals surface area contributed by atoms with Crippen LogP contribution >= 0.6 is 25.3 Å². The van der Waals surface area contributed by atoms with Crippen molar-refractivity contribution in [3.05, 3.63) is 0 Å². The molecule has 2 heteroatoms. The van der Waals surface area contributed by atoms with Crippen molar-refractivity contribution in [3.8, 4) is 0 Å². The highest BCUT2D eigenvalue weighted by molar-refractivity contribution is 7.81.